The first-order chi connectivity index (χ1) is 25.7. The Hall–Kier alpha value is -6.69. The van der Waals surface area contributed by atoms with Gasteiger partial charge in [-0.3, -0.25) is 0 Å². The largest absolute Gasteiger partial charge is 0.309 e. The van der Waals surface area contributed by atoms with Crippen LogP contribution in [0.25, 0.3) is 103 Å². The van der Waals surface area contributed by atoms with E-state index in [2.05, 4.69) is 174 Å². The van der Waals surface area contributed by atoms with Crippen LogP contribution in [0, 0.1) is 0 Å². The second-order valence-corrected chi connectivity index (χ2v) is 14.4. The van der Waals surface area contributed by atoms with Crippen molar-refractivity contribution in [1.82, 2.24) is 19.5 Å². The van der Waals surface area contributed by atoms with Gasteiger partial charge in [0.2, 0.25) is 0 Å². The molecule has 0 amide bonds. The monoisotopic (exact) mass is 680 g/mol. The smallest absolute Gasteiger partial charge is 0.164 e. The van der Waals surface area contributed by atoms with E-state index in [1.165, 1.54) is 52.6 Å². The Balaban J connectivity index is 1.12. The van der Waals surface area contributed by atoms with Gasteiger partial charge in [0.15, 0.2) is 17.5 Å². The van der Waals surface area contributed by atoms with Gasteiger partial charge in [-0.05, 0) is 70.1 Å². The number of thiophene rings is 1. The number of rotatable bonds is 4. The summed E-state index contributed by atoms with van der Waals surface area (Å²) in [5.41, 5.74) is 6.24. The maximum absolute atomic E-state index is 5.18. The van der Waals surface area contributed by atoms with E-state index in [4.69, 9.17) is 15.0 Å². The maximum atomic E-state index is 5.18. The standard InChI is InChI=1S/C47H28N4S/c1-2-11-30-24-34(21-20-29(30)10-1)46-48-45(49-47(50-46)35-22-23-39-38-17-6-8-19-43(38)52-44(39)28-35)33-14-9-15-36(25-33)51-41-18-7-5-16-37(41)40-26-31-12-3-4-13-32(31)27-42(40)51/h1-28H. The molecule has 0 aliphatic carbocycles. The van der Waals surface area contributed by atoms with Crippen LogP contribution < -0.4 is 0 Å². The lowest BCUT2D eigenvalue weighted by Crippen LogP contribution is -2.01. The summed E-state index contributed by atoms with van der Waals surface area (Å²) in [4.78, 5) is 15.5. The maximum Gasteiger partial charge on any atom is 0.164 e. The summed E-state index contributed by atoms with van der Waals surface area (Å²) < 4.78 is 4.86. The minimum atomic E-state index is 0.637. The van der Waals surface area contributed by atoms with Crippen LogP contribution in [0.3, 0.4) is 0 Å². The molecule has 0 saturated carbocycles. The molecule has 52 heavy (non-hydrogen) atoms. The van der Waals surface area contributed by atoms with Crippen LogP contribution in [0.4, 0.5) is 0 Å². The molecule has 0 aliphatic rings. The topological polar surface area (TPSA) is 43.6 Å². The van der Waals surface area contributed by atoms with Crippen LogP contribution in [-0.4, -0.2) is 19.5 Å². The Morgan fingerprint density at radius 1 is 0.346 bits per heavy atom. The van der Waals surface area contributed by atoms with Gasteiger partial charge in [0.05, 0.1) is 11.0 Å². The molecule has 0 spiro atoms. The van der Waals surface area contributed by atoms with E-state index in [1.54, 1.807) is 11.3 Å². The third-order valence-electron chi connectivity index (χ3n) is 10.2. The van der Waals surface area contributed by atoms with E-state index in [1.807, 2.05) is 0 Å². The molecule has 0 fully saturated rings. The number of aromatic nitrogens is 4. The van der Waals surface area contributed by atoms with Crippen molar-refractivity contribution in [3.8, 4) is 39.9 Å². The lowest BCUT2D eigenvalue weighted by atomic mass is 10.1. The predicted octanol–water partition coefficient (Wildman–Crippen LogP) is 12.6. The van der Waals surface area contributed by atoms with E-state index in [0.29, 0.717) is 17.5 Å². The normalized spacial score (nSPS) is 11.8. The fourth-order valence-electron chi connectivity index (χ4n) is 7.67. The van der Waals surface area contributed by atoms with Crippen molar-refractivity contribution in [3.63, 3.8) is 0 Å². The van der Waals surface area contributed by atoms with Gasteiger partial charge in [0.1, 0.15) is 0 Å². The molecule has 242 valence electrons. The van der Waals surface area contributed by atoms with Crippen LogP contribution in [0.1, 0.15) is 0 Å². The quantitative estimate of drug-likeness (QED) is 0.186. The molecule has 0 bridgehead atoms. The lowest BCUT2D eigenvalue weighted by molar-refractivity contribution is 1.07. The van der Waals surface area contributed by atoms with E-state index in [-0.39, 0.29) is 0 Å². The average molecular weight is 681 g/mol. The molecule has 8 aromatic carbocycles. The van der Waals surface area contributed by atoms with Crippen molar-refractivity contribution in [3.05, 3.63) is 170 Å². The molecule has 3 aromatic heterocycles. The fourth-order valence-corrected chi connectivity index (χ4v) is 8.82. The number of nitrogens with zero attached hydrogens (tertiary/aromatic N) is 4. The number of benzene rings is 8. The summed E-state index contributed by atoms with van der Waals surface area (Å²) in [6.45, 7) is 0. The van der Waals surface area contributed by atoms with Gasteiger partial charge in [-0.15, -0.1) is 11.3 Å². The van der Waals surface area contributed by atoms with E-state index < -0.39 is 0 Å². The number of hydrogen-bond acceptors (Lipinski definition) is 4. The van der Waals surface area contributed by atoms with Gasteiger partial charge in [0, 0.05) is 53.3 Å². The summed E-state index contributed by atoms with van der Waals surface area (Å²) in [6.07, 6.45) is 0. The van der Waals surface area contributed by atoms with Crippen LogP contribution in [0.5, 0.6) is 0 Å². The highest BCUT2D eigenvalue weighted by molar-refractivity contribution is 7.25. The Labute approximate surface area is 302 Å². The Bertz CT molecular complexity index is 3210. The first-order valence-corrected chi connectivity index (χ1v) is 18.2. The summed E-state index contributed by atoms with van der Waals surface area (Å²) in [5.74, 6) is 1.94. The summed E-state index contributed by atoms with van der Waals surface area (Å²) in [7, 11) is 0. The minimum absolute atomic E-state index is 0.637. The fraction of sp³-hybridized carbons (Fsp3) is 0. The average Bonchev–Trinajstić information content (AvgIpc) is 3.74. The highest BCUT2D eigenvalue weighted by Crippen LogP contribution is 2.38. The summed E-state index contributed by atoms with van der Waals surface area (Å²) >= 11 is 1.80. The second kappa shape index (κ2) is 11.4. The third-order valence-corrected chi connectivity index (χ3v) is 11.3. The first kappa shape index (κ1) is 29.1. The third kappa shape index (κ3) is 4.64. The van der Waals surface area contributed by atoms with Crippen LogP contribution >= 0.6 is 11.3 Å². The molecule has 0 radical (unpaired) electrons. The number of fused-ring (bicyclic) bond motifs is 8. The van der Waals surface area contributed by atoms with Gasteiger partial charge in [0.25, 0.3) is 0 Å². The summed E-state index contributed by atoms with van der Waals surface area (Å²) in [6, 6.07) is 60.4. The molecule has 0 unspecified atom stereocenters. The number of hydrogen-bond donors (Lipinski definition) is 0. The Morgan fingerprint density at radius 3 is 1.75 bits per heavy atom. The molecule has 4 nitrogen and oxygen atoms in total. The van der Waals surface area contributed by atoms with Crippen molar-refractivity contribution in [2.45, 2.75) is 0 Å². The molecular formula is C47H28N4S. The zero-order valence-electron chi connectivity index (χ0n) is 27.9. The van der Waals surface area contributed by atoms with Gasteiger partial charge < -0.3 is 4.57 Å². The first-order valence-electron chi connectivity index (χ1n) is 17.4. The molecule has 5 heteroatoms. The molecule has 0 N–H and O–H groups in total. The van der Waals surface area contributed by atoms with Gasteiger partial charge in [-0.2, -0.15) is 0 Å². The minimum Gasteiger partial charge on any atom is -0.309 e. The van der Waals surface area contributed by atoms with Crippen molar-refractivity contribution in [1.29, 1.82) is 0 Å². The van der Waals surface area contributed by atoms with Crippen LogP contribution in [-0.2, 0) is 0 Å². The molecular weight excluding hydrogens is 653 g/mol. The van der Waals surface area contributed by atoms with Crippen molar-refractivity contribution >= 4 is 74.9 Å². The van der Waals surface area contributed by atoms with Crippen LogP contribution in [0.2, 0.25) is 0 Å². The summed E-state index contributed by atoms with van der Waals surface area (Å²) in [5, 5.41) is 9.77. The van der Waals surface area contributed by atoms with E-state index in [9.17, 15) is 0 Å². The predicted molar refractivity (Wildman–Crippen MR) is 218 cm³/mol. The van der Waals surface area contributed by atoms with Crippen molar-refractivity contribution in [2.24, 2.45) is 0 Å². The molecule has 11 aromatic rings. The van der Waals surface area contributed by atoms with Gasteiger partial charge in [-0.1, -0.05) is 121 Å². The molecule has 0 atom stereocenters. The van der Waals surface area contributed by atoms with Gasteiger partial charge >= 0.3 is 0 Å². The SMILES string of the molecule is c1cc(-c2nc(-c3ccc4ccccc4c3)nc(-c3ccc4c(c3)sc3ccccc34)n2)cc(-n2c3ccccc3c3cc4ccccc4cc32)c1. The highest BCUT2D eigenvalue weighted by atomic mass is 32.1. The lowest BCUT2D eigenvalue weighted by Gasteiger charge is -2.12. The van der Waals surface area contributed by atoms with Crippen molar-refractivity contribution in [2.75, 3.05) is 0 Å². The molecule has 3 heterocycles. The van der Waals surface area contributed by atoms with Crippen LogP contribution in [0.15, 0.2) is 170 Å². The zero-order chi connectivity index (χ0) is 34.2. The van der Waals surface area contributed by atoms with E-state index >= 15 is 0 Å². The Kier molecular flexibility index (Phi) is 6.39. The second-order valence-electron chi connectivity index (χ2n) is 13.3. The molecule has 11 rings (SSSR count). The van der Waals surface area contributed by atoms with Crippen molar-refractivity contribution < 1.29 is 0 Å². The van der Waals surface area contributed by atoms with E-state index in [0.717, 1.165) is 33.3 Å². The number of para-hydroxylation sites is 1. The van der Waals surface area contributed by atoms with Gasteiger partial charge in [-0.25, -0.2) is 15.0 Å². The molecule has 0 aliphatic heterocycles. The zero-order valence-corrected chi connectivity index (χ0v) is 28.7. The Morgan fingerprint density at radius 2 is 0.942 bits per heavy atom. The molecule has 0 saturated heterocycles. The highest BCUT2D eigenvalue weighted by Gasteiger charge is 2.17.